The maximum absolute atomic E-state index is 13.5. The number of hydrogen-bond donors (Lipinski definition) is 1. The van der Waals surface area contributed by atoms with Crippen LogP contribution < -0.4 is 5.73 Å². The van der Waals surface area contributed by atoms with Gasteiger partial charge in [-0.1, -0.05) is 0 Å². The third-order valence-electron chi connectivity index (χ3n) is 2.89. The average molecular weight is 245 g/mol. The van der Waals surface area contributed by atoms with Crippen LogP contribution in [0.4, 0.5) is 10.3 Å². The molecule has 2 N–H and O–H groups in total. The summed E-state index contributed by atoms with van der Waals surface area (Å²) < 4.78 is 16.9. The second-order valence-electron chi connectivity index (χ2n) is 4.24. The Morgan fingerprint density at radius 1 is 1.33 bits per heavy atom. The van der Waals surface area contributed by atoms with Gasteiger partial charge in [-0.2, -0.15) is 5.10 Å². The minimum Gasteiger partial charge on any atom is -0.369 e. The zero-order valence-electron chi connectivity index (χ0n) is 10.1. The molecule has 0 amide bonds. The Balaban J connectivity index is 2.35. The van der Waals surface area contributed by atoms with E-state index in [0.717, 1.165) is 5.52 Å². The van der Waals surface area contributed by atoms with Gasteiger partial charge >= 0.3 is 0 Å². The number of nitrogens with zero attached hydrogens (tertiary/aromatic N) is 4. The van der Waals surface area contributed by atoms with Crippen LogP contribution in [0.1, 0.15) is 5.56 Å². The van der Waals surface area contributed by atoms with Crippen LogP contribution in [-0.2, 0) is 7.05 Å². The molecule has 5 nitrogen and oxygen atoms in total. The molecule has 0 unspecified atom stereocenters. The van der Waals surface area contributed by atoms with E-state index in [9.17, 15) is 4.39 Å². The molecule has 0 fully saturated rings. The number of benzene rings is 1. The Morgan fingerprint density at radius 2 is 2.11 bits per heavy atom. The molecule has 0 spiro atoms. The molecule has 0 bridgehead atoms. The average Bonchev–Trinajstić information content (AvgIpc) is 2.83. The van der Waals surface area contributed by atoms with Gasteiger partial charge in [0, 0.05) is 25.4 Å². The largest absolute Gasteiger partial charge is 0.369 e. The van der Waals surface area contributed by atoms with E-state index in [1.165, 1.54) is 6.07 Å². The van der Waals surface area contributed by atoms with Gasteiger partial charge in [0.2, 0.25) is 5.95 Å². The van der Waals surface area contributed by atoms with E-state index in [2.05, 4.69) is 10.1 Å². The maximum Gasteiger partial charge on any atom is 0.207 e. The summed E-state index contributed by atoms with van der Waals surface area (Å²) in [6.07, 6.45) is 1.82. The number of imidazole rings is 1. The van der Waals surface area contributed by atoms with Crippen molar-refractivity contribution in [2.45, 2.75) is 6.92 Å². The van der Waals surface area contributed by atoms with E-state index in [1.807, 2.05) is 19.3 Å². The normalized spacial score (nSPS) is 11.3. The van der Waals surface area contributed by atoms with E-state index >= 15 is 0 Å². The number of fused-ring (bicyclic) bond motifs is 1. The topological polar surface area (TPSA) is 61.7 Å². The molecule has 0 aliphatic rings. The second kappa shape index (κ2) is 3.56. The Morgan fingerprint density at radius 3 is 2.78 bits per heavy atom. The van der Waals surface area contributed by atoms with Crippen molar-refractivity contribution >= 4 is 17.0 Å². The molecule has 92 valence electrons. The lowest BCUT2D eigenvalue weighted by atomic mass is 10.2. The Hall–Kier alpha value is -2.37. The van der Waals surface area contributed by atoms with Crippen LogP contribution in [0.2, 0.25) is 0 Å². The van der Waals surface area contributed by atoms with Gasteiger partial charge in [0.1, 0.15) is 5.82 Å². The Kier molecular flexibility index (Phi) is 2.13. The van der Waals surface area contributed by atoms with E-state index in [1.54, 1.807) is 22.2 Å². The molecular formula is C12H12FN5. The lowest BCUT2D eigenvalue weighted by Gasteiger charge is -2.03. The van der Waals surface area contributed by atoms with Crippen molar-refractivity contribution in [1.82, 2.24) is 19.3 Å². The van der Waals surface area contributed by atoms with Gasteiger partial charge in [-0.25, -0.2) is 9.37 Å². The maximum atomic E-state index is 13.5. The molecule has 0 radical (unpaired) electrons. The molecule has 0 aliphatic heterocycles. The van der Waals surface area contributed by atoms with Crippen LogP contribution in [0.15, 0.2) is 24.4 Å². The summed E-state index contributed by atoms with van der Waals surface area (Å²) in [5.41, 5.74) is 7.71. The number of anilines is 1. The molecule has 0 atom stereocenters. The number of halogens is 1. The zero-order chi connectivity index (χ0) is 12.9. The lowest BCUT2D eigenvalue weighted by molar-refractivity contribution is 0.620. The standard InChI is InChI=1S/C12H12FN5/c1-7-5-10-9(6-8(7)13)15-12(14)18(10)11-3-4-17(2)16-11/h3-6H,1-2H3,(H2,14,15). The van der Waals surface area contributed by atoms with E-state index in [-0.39, 0.29) is 5.82 Å². The summed E-state index contributed by atoms with van der Waals surface area (Å²) in [6.45, 7) is 1.71. The first-order valence-corrected chi connectivity index (χ1v) is 5.50. The molecule has 3 aromatic rings. The molecule has 3 rings (SSSR count). The summed E-state index contributed by atoms with van der Waals surface area (Å²) in [5.74, 6) is 0.686. The van der Waals surface area contributed by atoms with E-state index < -0.39 is 0 Å². The minimum atomic E-state index is -0.284. The fourth-order valence-corrected chi connectivity index (χ4v) is 1.98. The first-order valence-electron chi connectivity index (χ1n) is 5.50. The molecule has 0 saturated heterocycles. The van der Waals surface area contributed by atoms with Gasteiger partial charge < -0.3 is 5.73 Å². The van der Waals surface area contributed by atoms with Gasteiger partial charge in [-0.15, -0.1) is 0 Å². The van der Waals surface area contributed by atoms with Gasteiger partial charge in [0.05, 0.1) is 11.0 Å². The van der Waals surface area contributed by atoms with E-state index in [0.29, 0.717) is 22.8 Å². The molecular weight excluding hydrogens is 233 g/mol. The number of nitrogens with two attached hydrogens (primary N) is 1. The molecule has 18 heavy (non-hydrogen) atoms. The van der Waals surface area contributed by atoms with Crippen LogP contribution in [0.3, 0.4) is 0 Å². The Labute approximate surface area is 103 Å². The second-order valence-corrected chi connectivity index (χ2v) is 4.24. The fraction of sp³-hybridized carbons (Fsp3) is 0.167. The number of aromatic nitrogens is 4. The van der Waals surface area contributed by atoms with Gasteiger partial charge in [0.15, 0.2) is 5.82 Å². The number of hydrogen-bond acceptors (Lipinski definition) is 3. The van der Waals surface area contributed by atoms with Gasteiger partial charge in [-0.3, -0.25) is 9.25 Å². The third kappa shape index (κ3) is 1.46. The summed E-state index contributed by atoms with van der Waals surface area (Å²) >= 11 is 0. The summed E-state index contributed by atoms with van der Waals surface area (Å²) in [7, 11) is 1.82. The SMILES string of the molecule is Cc1cc2c(cc1F)nc(N)n2-c1ccn(C)n1. The predicted octanol–water partition coefficient (Wildman–Crippen LogP) is 1.79. The molecule has 0 aliphatic carbocycles. The van der Waals surface area contributed by atoms with Crippen LogP contribution in [-0.4, -0.2) is 19.3 Å². The fourth-order valence-electron chi connectivity index (χ4n) is 1.98. The van der Waals surface area contributed by atoms with Crippen molar-refractivity contribution in [2.75, 3.05) is 5.73 Å². The van der Waals surface area contributed by atoms with E-state index in [4.69, 9.17) is 5.73 Å². The molecule has 2 aromatic heterocycles. The Bertz CT molecular complexity index is 740. The monoisotopic (exact) mass is 245 g/mol. The summed E-state index contributed by atoms with van der Waals surface area (Å²) in [5, 5.41) is 4.28. The number of nitrogen functional groups attached to an aromatic ring is 1. The van der Waals surface area contributed by atoms with Crippen molar-refractivity contribution in [1.29, 1.82) is 0 Å². The van der Waals surface area contributed by atoms with Crippen LogP contribution in [0, 0.1) is 12.7 Å². The van der Waals surface area contributed by atoms with Gasteiger partial charge in [0.25, 0.3) is 0 Å². The third-order valence-corrected chi connectivity index (χ3v) is 2.89. The van der Waals surface area contributed by atoms with Crippen molar-refractivity contribution in [3.8, 4) is 5.82 Å². The van der Waals surface area contributed by atoms with Crippen LogP contribution in [0.5, 0.6) is 0 Å². The first-order chi connectivity index (χ1) is 8.56. The predicted molar refractivity (Wildman–Crippen MR) is 66.9 cm³/mol. The number of rotatable bonds is 1. The van der Waals surface area contributed by atoms with Crippen molar-refractivity contribution in [2.24, 2.45) is 7.05 Å². The van der Waals surface area contributed by atoms with Crippen molar-refractivity contribution < 1.29 is 4.39 Å². The highest BCUT2D eigenvalue weighted by Gasteiger charge is 2.13. The van der Waals surface area contributed by atoms with Gasteiger partial charge in [-0.05, 0) is 18.6 Å². The highest BCUT2D eigenvalue weighted by Crippen LogP contribution is 2.24. The van der Waals surface area contributed by atoms with Crippen molar-refractivity contribution in [3.63, 3.8) is 0 Å². The first kappa shape index (κ1) is 10.8. The molecule has 1 aromatic carbocycles. The van der Waals surface area contributed by atoms with Crippen LogP contribution >= 0.6 is 0 Å². The van der Waals surface area contributed by atoms with Crippen LogP contribution in [0.25, 0.3) is 16.9 Å². The zero-order valence-corrected chi connectivity index (χ0v) is 10.1. The van der Waals surface area contributed by atoms with Crippen molar-refractivity contribution in [3.05, 3.63) is 35.8 Å². The molecule has 2 heterocycles. The quantitative estimate of drug-likeness (QED) is 0.711. The summed E-state index contributed by atoms with van der Waals surface area (Å²) in [4.78, 5) is 4.15. The number of aryl methyl sites for hydroxylation is 2. The highest BCUT2D eigenvalue weighted by atomic mass is 19.1. The lowest BCUT2D eigenvalue weighted by Crippen LogP contribution is -2.02. The smallest absolute Gasteiger partial charge is 0.207 e. The molecule has 0 saturated carbocycles. The molecule has 6 heteroatoms. The highest BCUT2D eigenvalue weighted by molar-refractivity contribution is 5.81. The minimum absolute atomic E-state index is 0.284. The summed E-state index contributed by atoms with van der Waals surface area (Å²) in [6, 6.07) is 4.94.